The number of rotatable bonds is 18. The van der Waals surface area contributed by atoms with Crippen LogP contribution < -0.4 is 30.7 Å². The second-order valence-electron chi connectivity index (χ2n) is 16.9. The molecular formula is C52H58N6O8. The number of fused-ring (bicyclic) bond motifs is 1. The molecule has 66 heavy (non-hydrogen) atoms. The van der Waals surface area contributed by atoms with Gasteiger partial charge in [-0.1, -0.05) is 78.9 Å². The van der Waals surface area contributed by atoms with E-state index in [0.717, 1.165) is 33.5 Å². The molecule has 1 saturated heterocycles. The van der Waals surface area contributed by atoms with E-state index in [4.69, 9.17) is 4.74 Å². The maximum Gasteiger partial charge on any atom is 0.412 e. The normalized spacial score (nSPS) is 14.1. The monoisotopic (exact) mass is 894 g/mol. The summed E-state index contributed by atoms with van der Waals surface area (Å²) in [6.07, 6.45) is 0.517. The Labute approximate surface area is 384 Å². The van der Waals surface area contributed by atoms with Crippen molar-refractivity contribution in [3.05, 3.63) is 154 Å². The van der Waals surface area contributed by atoms with Crippen molar-refractivity contribution in [3.8, 4) is 22.6 Å². The van der Waals surface area contributed by atoms with Gasteiger partial charge in [0.2, 0.25) is 17.4 Å². The molecule has 1 fully saturated rings. The largest absolute Gasteiger partial charge is 0.506 e. The van der Waals surface area contributed by atoms with E-state index in [-0.39, 0.29) is 53.7 Å². The van der Waals surface area contributed by atoms with Crippen molar-refractivity contribution in [2.75, 3.05) is 50.1 Å². The van der Waals surface area contributed by atoms with Crippen LogP contribution in [-0.2, 0) is 29.0 Å². The van der Waals surface area contributed by atoms with Crippen LogP contribution in [0.5, 0.6) is 11.5 Å². The fourth-order valence-corrected chi connectivity index (χ4v) is 8.73. The van der Waals surface area contributed by atoms with Gasteiger partial charge in [0.25, 0.3) is 0 Å². The first kappa shape index (κ1) is 47.0. The summed E-state index contributed by atoms with van der Waals surface area (Å²) in [7, 11) is 3.36. The van der Waals surface area contributed by atoms with Crippen LogP contribution in [0.1, 0.15) is 54.5 Å². The summed E-state index contributed by atoms with van der Waals surface area (Å²) in [5.74, 6) is 0.458. The van der Waals surface area contributed by atoms with Crippen molar-refractivity contribution in [1.82, 2.24) is 20.5 Å². The zero-order chi connectivity index (χ0) is 46.7. The van der Waals surface area contributed by atoms with Crippen LogP contribution >= 0.6 is 0 Å². The Hall–Kier alpha value is -7.00. The highest BCUT2D eigenvalue weighted by atomic mass is 16.5. The molecule has 0 spiro atoms. The molecule has 344 valence electrons. The van der Waals surface area contributed by atoms with Crippen LogP contribution in [0.15, 0.2) is 126 Å². The smallest absolute Gasteiger partial charge is 0.412 e. The molecule has 0 aliphatic carbocycles. The average Bonchev–Trinajstić information content (AvgIpc) is 3.33. The maximum absolute atomic E-state index is 13.3. The summed E-state index contributed by atoms with van der Waals surface area (Å²) >= 11 is 0. The van der Waals surface area contributed by atoms with Gasteiger partial charge in [0.05, 0.1) is 30.8 Å². The number of carbonyl (C=O) groups excluding carboxylic acids is 2. The molecule has 1 aliphatic heterocycles. The van der Waals surface area contributed by atoms with Gasteiger partial charge < -0.3 is 45.5 Å². The number of aliphatic hydroxyl groups excluding tert-OH is 1. The molecule has 2 heterocycles. The summed E-state index contributed by atoms with van der Waals surface area (Å²) in [6, 6.07) is 36.5. The van der Waals surface area contributed by atoms with Crippen molar-refractivity contribution in [2.45, 2.75) is 63.8 Å². The number of piperidine rings is 1. The SMILES string of the molecule is COc1ccc(CC(=O)NCc2ccc(N(C)C(=O)CCN3CCC(N(C(=O)O)c4ccccc4-c4ccccc4)CC3)cc2)cc1C[C@H](C)NC[C@H](O)c1ccc(O)c2[nH]c(=O)ccc12. The standard InChI is InChI=1S/C52H58N6O8/c1-34(53-33-46(60)42-18-20-45(59)51-43(42)19-22-48(61)55-51)29-38-30-36(15-21-47(38)66-3)31-49(62)54-32-35-13-16-39(17-14-35)56(2)50(63)25-28-57-26-23-40(24-27-57)58(52(64)65)44-12-8-7-11-41(44)37-9-5-4-6-10-37/h4-22,30,34,40,46,53,59-60H,23-29,31-33H2,1-3H3,(H,54,62)(H,55,61)(H,64,65)/t34-,46-/m0/s1. The predicted molar refractivity (Wildman–Crippen MR) is 257 cm³/mol. The second kappa shape index (κ2) is 21.8. The lowest BCUT2D eigenvalue weighted by Gasteiger charge is -2.38. The number of amides is 3. The van der Waals surface area contributed by atoms with Crippen LogP contribution in [0, 0.1) is 0 Å². The van der Waals surface area contributed by atoms with Crippen molar-refractivity contribution in [1.29, 1.82) is 0 Å². The number of nitrogens with zero attached hydrogens (tertiary/aromatic N) is 3. The molecule has 14 heteroatoms. The second-order valence-corrected chi connectivity index (χ2v) is 16.9. The van der Waals surface area contributed by atoms with Crippen LogP contribution in [-0.4, -0.2) is 95.5 Å². The van der Waals surface area contributed by atoms with Crippen molar-refractivity contribution >= 4 is 40.2 Å². The minimum Gasteiger partial charge on any atom is -0.506 e. The molecule has 1 aromatic heterocycles. The van der Waals surface area contributed by atoms with Gasteiger partial charge in [0.1, 0.15) is 11.5 Å². The number of pyridine rings is 1. The number of likely N-dealkylation sites (tertiary alicyclic amines) is 1. The Morgan fingerprint density at radius 3 is 2.33 bits per heavy atom. The van der Waals surface area contributed by atoms with E-state index in [1.54, 1.807) is 31.2 Å². The number of hydrogen-bond donors (Lipinski definition) is 6. The van der Waals surface area contributed by atoms with Gasteiger partial charge in [-0.05, 0) is 90.4 Å². The van der Waals surface area contributed by atoms with Gasteiger partial charge >= 0.3 is 6.09 Å². The molecule has 0 radical (unpaired) electrons. The topological polar surface area (TPSA) is 188 Å². The van der Waals surface area contributed by atoms with Crippen molar-refractivity contribution < 1.29 is 34.4 Å². The first-order valence-electron chi connectivity index (χ1n) is 22.3. The van der Waals surface area contributed by atoms with Crippen molar-refractivity contribution in [3.63, 3.8) is 0 Å². The van der Waals surface area contributed by atoms with E-state index >= 15 is 0 Å². The number of aromatic hydroxyl groups is 1. The number of methoxy groups -OCH3 is 1. The van der Waals surface area contributed by atoms with E-state index in [9.17, 15) is 34.5 Å². The third kappa shape index (κ3) is 11.6. The molecular weight excluding hydrogens is 837 g/mol. The number of H-pyrrole nitrogens is 1. The minimum atomic E-state index is -0.971. The zero-order valence-electron chi connectivity index (χ0n) is 37.6. The van der Waals surface area contributed by atoms with Gasteiger partial charge in [0.15, 0.2) is 0 Å². The molecule has 3 amide bonds. The number of phenols is 1. The summed E-state index contributed by atoms with van der Waals surface area (Å²) in [5.41, 5.74) is 6.42. The Bertz CT molecular complexity index is 2680. The summed E-state index contributed by atoms with van der Waals surface area (Å²) in [6.45, 7) is 4.50. The number of carbonyl (C=O) groups is 3. The average molecular weight is 895 g/mol. The number of ether oxygens (including phenoxy) is 1. The molecule has 6 N–H and O–H groups in total. The van der Waals surface area contributed by atoms with E-state index in [1.165, 1.54) is 17.0 Å². The maximum atomic E-state index is 13.3. The lowest BCUT2D eigenvalue weighted by Crippen LogP contribution is -2.48. The third-order valence-corrected chi connectivity index (χ3v) is 12.4. The number of aromatic amines is 1. The van der Waals surface area contributed by atoms with Gasteiger partial charge in [-0.25, -0.2) is 4.79 Å². The minimum absolute atomic E-state index is 0.0221. The molecule has 7 rings (SSSR count). The summed E-state index contributed by atoms with van der Waals surface area (Å²) in [4.78, 5) is 58.8. The lowest BCUT2D eigenvalue weighted by molar-refractivity contribution is -0.120. The first-order valence-corrected chi connectivity index (χ1v) is 22.3. The number of phenolic OH excluding ortho intramolecular Hbond substituents is 1. The number of nitrogens with one attached hydrogen (secondary N) is 3. The number of aliphatic hydroxyl groups is 1. The summed E-state index contributed by atoms with van der Waals surface area (Å²) < 4.78 is 5.63. The van der Waals surface area contributed by atoms with Crippen LogP contribution in [0.4, 0.5) is 16.2 Å². The van der Waals surface area contributed by atoms with Gasteiger partial charge in [-0.2, -0.15) is 0 Å². The zero-order valence-corrected chi connectivity index (χ0v) is 37.6. The molecule has 0 unspecified atom stereocenters. The molecule has 5 aromatic carbocycles. The van der Waals surface area contributed by atoms with E-state index < -0.39 is 12.2 Å². The molecule has 6 aromatic rings. The third-order valence-electron chi connectivity index (χ3n) is 12.4. The van der Waals surface area contributed by atoms with Crippen molar-refractivity contribution in [2.24, 2.45) is 0 Å². The molecule has 0 bridgehead atoms. The van der Waals surface area contributed by atoms with Crippen LogP contribution in [0.3, 0.4) is 0 Å². The molecule has 2 atom stereocenters. The molecule has 0 saturated carbocycles. The number of aromatic nitrogens is 1. The van der Waals surface area contributed by atoms with Crippen LogP contribution in [0.2, 0.25) is 0 Å². The molecule has 14 nitrogen and oxygen atoms in total. The van der Waals surface area contributed by atoms with E-state index in [2.05, 4.69) is 20.5 Å². The Morgan fingerprint density at radius 2 is 1.61 bits per heavy atom. The van der Waals surface area contributed by atoms with Gasteiger partial charge in [-0.3, -0.25) is 19.3 Å². The highest BCUT2D eigenvalue weighted by Crippen LogP contribution is 2.34. The Morgan fingerprint density at radius 1 is 0.894 bits per heavy atom. The fraction of sp³-hybridized carbons (Fsp3) is 0.308. The Kier molecular flexibility index (Phi) is 15.5. The van der Waals surface area contributed by atoms with Crippen LogP contribution in [0.25, 0.3) is 22.0 Å². The first-order chi connectivity index (χ1) is 31.9. The highest BCUT2D eigenvalue weighted by Gasteiger charge is 2.31. The number of carboxylic acid groups (broad SMARTS) is 1. The predicted octanol–water partition coefficient (Wildman–Crippen LogP) is 7.02. The Balaban J connectivity index is 0.847. The lowest BCUT2D eigenvalue weighted by atomic mass is 9.98. The fourth-order valence-electron chi connectivity index (χ4n) is 8.73. The van der Waals surface area contributed by atoms with Gasteiger partial charge in [-0.15, -0.1) is 0 Å². The quantitative estimate of drug-likeness (QED) is 0.0524. The number of para-hydroxylation sites is 1. The number of hydrogen-bond acceptors (Lipinski definition) is 9. The number of anilines is 2. The van der Waals surface area contributed by atoms with E-state index in [1.807, 2.05) is 104 Å². The summed E-state index contributed by atoms with van der Waals surface area (Å²) in [5, 5.41) is 38.5. The van der Waals surface area contributed by atoms with Gasteiger partial charge in [0, 0.05) is 81.0 Å². The molecule has 1 aliphatic rings. The number of benzene rings is 5. The highest BCUT2D eigenvalue weighted by molar-refractivity contribution is 5.94. The van der Waals surface area contributed by atoms with E-state index in [0.29, 0.717) is 74.2 Å².